The van der Waals surface area contributed by atoms with E-state index in [4.69, 9.17) is 9.84 Å². The summed E-state index contributed by atoms with van der Waals surface area (Å²) in [6.45, 7) is 3.03. The van der Waals surface area contributed by atoms with Gasteiger partial charge in [-0.25, -0.2) is 14.6 Å². The van der Waals surface area contributed by atoms with E-state index >= 15 is 0 Å². The number of piperazine rings is 1. The van der Waals surface area contributed by atoms with E-state index in [0.29, 0.717) is 51.3 Å². The van der Waals surface area contributed by atoms with Crippen molar-refractivity contribution >= 4 is 23.8 Å². The molecule has 2 saturated heterocycles. The van der Waals surface area contributed by atoms with Crippen molar-refractivity contribution in [1.82, 2.24) is 14.8 Å². The molecule has 34 heavy (non-hydrogen) atoms. The largest absolute Gasteiger partial charge is 0.465 e. The number of carbonyl (C=O) groups excluding carboxylic acids is 2. The molecule has 1 aromatic heterocycles. The first-order valence-corrected chi connectivity index (χ1v) is 11.7. The Hall–Kier alpha value is -3.62. The van der Waals surface area contributed by atoms with Crippen LogP contribution < -0.4 is 4.90 Å². The summed E-state index contributed by atoms with van der Waals surface area (Å²) in [5, 5.41) is 9.13. The fourth-order valence-electron chi connectivity index (χ4n) is 5.64. The third kappa shape index (κ3) is 3.13. The molecule has 2 amide bonds. The molecule has 2 aromatic rings. The van der Waals surface area contributed by atoms with E-state index in [1.807, 2.05) is 35.2 Å². The number of hydrogen-bond acceptors (Lipinski definition) is 6. The Morgan fingerprint density at radius 1 is 0.941 bits per heavy atom. The van der Waals surface area contributed by atoms with Crippen molar-refractivity contribution in [2.75, 3.05) is 44.2 Å². The van der Waals surface area contributed by atoms with Crippen molar-refractivity contribution in [2.24, 2.45) is 0 Å². The Morgan fingerprint density at radius 3 is 2.38 bits per heavy atom. The van der Waals surface area contributed by atoms with Crippen LogP contribution in [0.5, 0.6) is 0 Å². The molecule has 0 radical (unpaired) electrons. The molecule has 3 aliphatic heterocycles. The van der Waals surface area contributed by atoms with Crippen LogP contribution in [0.15, 0.2) is 42.6 Å². The molecule has 1 atom stereocenters. The maximum absolute atomic E-state index is 13.6. The lowest BCUT2D eigenvalue weighted by molar-refractivity contribution is -0.134. The molecule has 9 nitrogen and oxygen atoms in total. The average molecular weight is 463 g/mol. The quantitative estimate of drug-likeness (QED) is 0.698. The minimum absolute atomic E-state index is 0.0782. The Morgan fingerprint density at radius 2 is 1.71 bits per heavy atom. The number of benzene rings is 1. The lowest BCUT2D eigenvalue weighted by Gasteiger charge is -2.34. The molecule has 176 valence electrons. The second-order valence-corrected chi connectivity index (χ2v) is 9.65. The van der Waals surface area contributed by atoms with Crippen molar-refractivity contribution in [2.45, 2.75) is 30.3 Å². The number of carbonyl (C=O) groups is 3. The number of esters is 1. The van der Waals surface area contributed by atoms with Crippen LogP contribution in [0.2, 0.25) is 0 Å². The third-order valence-electron chi connectivity index (χ3n) is 7.78. The monoisotopic (exact) mass is 462 g/mol. The van der Waals surface area contributed by atoms with E-state index in [9.17, 15) is 14.4 Å². The van der Waals surface area contributed by atoms with Crippen LogP contribution in [0.1, 0.15) is 40.7 Å². The Labute approximate surface area is 196 Å². The molecule has 1 unspecified atom stereocenters. The first kappa shape index (κ1) is 20.9. The number of carboxylic acid groups (broad SMARTS) is 1. The number of rotatable bonds is 3. The van der Waals surface area contributed by atoms with E-state index in [2.05, 4.69) is 9.88 Å². The van der Waals surface area contributed by atoms with Crippen molar-refractivity contribution in [3.8, 4) is 0 Å². The molecule has 6 rings (SSSR count). The molecule has 1 saturated carbocycles. The minimum atomic E-state index is -0.892. The summed E-state index contributed by atoms with van der Waals surface area (Å²) in [4.78, 5) is 47.1. The molecule has 1 spiro atoms. The van der Waals surface area contributed by atoms with Gasteiger partial charge in [-0.05, 0) is 30.5 Å². The Bertz CT molecular complexity index is 1170. The predicted molar refractivity (Wildman–Crippen MR) is 122 cm³/mol. The SMILES string of the molecule is O=C1OC2(CCN(C(=O)C3(c4ccc(N5CCN(C(=O)O)CC5)nc4)CC3)C2)c2ccccc21. The second kappa shape index (κ2) is 7.44. The number of likely N-dealkylation sites (tertiary alicyclic amines) is 1. The van der Waals surface area contributed by atoms with Crippen molar-refractivity contribution in [3.05, 3.63) is 59.3 Å². The highest BCUT2D eigenvalue weighted by Crippen LogP contribution is 2.52. The van der Waals surface area contributed by atoms with Gasteiger partial charge in [0.15, 0.2) is 5.60 Å². The van der Waals surface area contributed by atoms with Crippen molar-refractivity contribution < 1.29 is 24.2 Å². The first-order valence-electron chi connectivity index (χ1n) is 11.7. The van der Waals surface area contributed by atoms with Gasteiger partial charge in [-0.1, -0.05) is 24.3 Å². The summed E-state index contributed by atoms with van der Waals surface area (Å²) >= 11 is 0. The lowest BCUT2D eigenvalue weighted by atomic mass is 9.91. The standard InChI is InChI=1S/C25H26N4O5/c30-21-18-3-1-2-4-19(18)25(34-21)9-10-29(16-25)22(31)24(7-8-24)17-5-6-20(26-15-17)27-11-13-28(14-12-27)23(32)33/h1-6,15H,7-14,16H2,(H,32,33). The number of aromatic nitrogens is 1. The first-order chi connectivity index (χ1) is 16.4. The van der Waals surface area contributed by atoms with Crippen LogP contribution in [-0.2, 0) is 20.5 Å². The molecular weight excluding hydrogens is 436 g/mol. The molecule has 0 bridgehead atoms. The normalized spacial score (nSPS) is 24.8. The molecular formula is C25H26N4O5. The van der Waals surface area contributed by atoms with Gasteiger partial charge in [-0.15, -0.1) is 0 Å². The van der Waals surface area contributed by atoms with E-state index in [1.54, 1.807) is 12.3 Å². The smallest absolute Gasteiger partial charge is 0.407 e. The molecule has 3 fully saturated rings. The van der Waals surface area contributed by atoms with Gasteiger partial charge < -0.3 is 24.5 Å². The molecule has 1 N–H and O–H groups in total. The fourth-order valence-corrected chi connectivity index (χ4v) is 5.64. The summed E-state index contributed by atoms with van der Waals surface area (Å²) in [6, 6.07) is 11.4. The second-order valence-electron chi connectivity index (χ2n) is 9.65. The van der Waals surface area contributed by atoms with E-state index in [0.717, 1.165) is 29.8 Å². The lowest BCUT2D eigenvalue weighted by Crippen LogP contribution is -2.48. The average Bonchev–Trinajstić information content (AvgIpc) is 3.50. The Balaban J connectivity index is 1.16. The summed E-state index contributed by atoms with van der Waals surface area (Å²) in [5.41, 5.74) is 1.10. The minimum Gasteiger partial charge on any atom is -0.465 e. The molecule has 1 aromatic carbocycles. The number of fused-ring (bicyclic) bond motifs is 2. The third-order valence-corrected chi connectivity index (χ3v) is 7.78. The number of hydrogen-bond donors (Lipinski definition) is 1. The van der Waals surface area contributed by atoms with Gasteiger partial charge in [0, 0.05) is 50.9 Å². The van der Waals surface area contributed by atoms with Crippen LogP contribution in [0.3, 0.4) is 0 Å². The maximum atomic E-state index is 13.6. The molecule has 4 heterocycles. The van der Waals surface area contributed by atoms with Crippen LogP contribution in [0, 0.1) is 0 Å². The van der Waals surface area contributed by atoms with Crippen LogP contribution in [0.25, 0.3) is 0 Å². The maximum Gasteiger partial charge on any atom is 0.407 e. The van der Waals surface area contributed by atoms with Crippen LogP contribution in [-0.4, -0.2) is 77.1 Å². The Kier molecular flexibility index (Phi) is 4.59. The summed E-state index contributed by atoms with van der Waals surface area (Å²) in [5.74, 6) is 0.566. The highest BCUT2D eigenvalue weighted by atomic mass is 16.6. The zero-order valence-corrected chi connectivity index (χ0v) is 18.8. The van der Waals surface area contributed by atoms with Gasteiger partial charge in [0.2, 0.25) is 5.91 Å². The topological polar surface area (TPSA) is 103 Å². The molecule has 4 aliphatic rings. The zero-order valence-electron chi connectivity index (χ0n) is 18.8. The summed E-state index contributed by atoms with van der Waals surface area (Å²) in [6.07, 6.45) is 3.07. The van der Waals surface area contributed by atoms with Crippen molar-refractivity contribution in [3.63, 3.8) is 0 Å². The van der Waals surface area contributed by atoms with Gasteiger partial charge in [0.1, 0.15) is 5.82 Å². The summed E-state index contributed by atoms with van der Waals surface area (Å²) < 4.78 is 5.81. The number of pyridine rings is 1. The van der Waals surface area contributed by atoms with Gasteiger partial charge >= 0.3 is 12.1 Å². The van der Waals surface area contributed by atoms with Gasteiger partial charge in [-0.3, -0.25) is 4.79 Å². The summed E-state index contributed by atoms with van der Waals surface area (Å²) in [7, 11) is 0. The predicted octanol–water partition coefficient (Wildman–Crippen LogP) is 2.21. The molecule has 1 aliphatic carbocycles. The van der Waals surface area contributed by atoms with Gasteiger partial charge in [0.05, 0.1) is 17.5 Å². The van der Waals surface area contributed by atoms with Gasteiger partial charge in [0.25, 0.3) is 0 Å². The zero-order chi connectivity index (χ0) is 23.5. The molecule has 9 heteroatoms. The number of nitrogens with zero attached hydrogens (tertiary/aromatic N) is 4. The van der Waals surface area contributed by atoms with Gasteiger partial charge in [-0.2, -0.15) is 0 Å². The van der Waals surface area contributed by atoms with Crippen LogP contribution >= 0.6 is 0 Å². The van der Waals surface area contributed by atoms with E-state index in [-0.39, 0.29) is 11.9 Å². The van der Waals surface area contributed by atoms with E-state index in [1.165, 1.54) is 4.90 Å². The highest BCUT2D eigenvalue weighted by molar-refractivity contribution is 5.96. The van der Waals surface area contributed by atoms with Crippen LogP contribution in [0.4, 0.5) is 10.6 Å². The number of ether oxygens (including phenoxy) is 1. The number of anilines is 1. The highest BCUT2D eigenvalue weighted by Gasteiger charge is 2.57. The number of amides is 2. The fraction of sp³-hybridized carbons (Fsp3) is 0.440. The van der Waals surface area contributed by atoms with E-state index < -0.39 is 17.1 Å². The van der Waals surface area contributed by atoms with Crippen molar-refractivity contribution in [1.29, 1.82) is 0 Å².